The molecule has 6 rings (SSSR count). The molecule has 0 aliphatic heterocycles. The van der Waals surface area contributed by atoms with E-state index in [9.17, 15) is 0 Å². The minimum atomic E-state index is 0.247. The van der Waals surface area contributed by atoms with E-state index in [2.05, 4.69) is 44.5 Å². The molecule has 160 valence electrons. The lowest BCUT2D eigenvalue weighted by atomic mass is 10.1. The second-order valence-corrected chi connectivity index (χ2v) is 8.49. The molecular formula is C25H18N6OS. The largest absolute Gasteiger partial charge is 0.424 e. The van der Waals surface area contributed by atoms with Crippen molar-refractivity contribution in [2.24, 2.45) is 0 Å². The molecule has 1 N–H and O–H groups in total. The van der Waals surface area contributed by atoms with Crippen LogP contribution >= 0.6 is 11.3 Å². The number of benzene rings is 3. The van der Waals surface area contributed by atoms with Crippen molar-refractivity contribution in [2.75, 3.05) is 5.43 Å². The molecule has 3 aromatic carbocycles. The Labute approximate surface area is 193 Å². The van der Waals surface area contributed by atoms with Crippen molar-refractivity contribution < 1.29 is 4.74 Å². The summed E-state index contributed by atoms with van der Waals surface area (Å²) in [5.74, 6) is 1.23. The molecule has 0 atom stereocenters. The van der Waals surface area contributed by atoms with Crippen LogP contribution in [-0.4, -0.2) is 24.8 Å². The van der Waals surface area contributed by atoms with Gasteiger partial charge in [-0.15, -0.1) is 11.3 Å². The zero-order chi connectivity index (χ0) is 22.2. The highest BCUT2D eigenvalue weighted by Crippen LogP contribution is 2.29. The van der Waals surface area contributed by atoms with Gasteiger partial charge in [0.25, 0.3) is 0 Å². The predicted molar refractivity (Wildman–Crippen MR) is 131 cm³/mol. The zero-order valence-corrected chi connectivity index (χ0v) is 18.5. The van der Waals surface area contributed by atoms with Crippen LogP contribution < -0.4 is 10.2 Å². The minimum absolute atomic E-state index is 0.247. The fourth-order valence-corrected chi connectivity index (χ4v) is 4.36. The highest BCUT2D eigenvalue weighted by atomic mass is 32.1. The summed E-state index contributed by atoms with van der Waals surface area (Å²) in [6.07, 6.45) is 1.81. The molecule has 0 radical (unpaired) electrons. The lowest BCUT2D eigenvalue weighted by molar-refractivity contribution is 0.443. The molecule has 33 heavy (non-hydrogen) atoms. The number of thiazole rings is 1. The van der Waals surface area contributed by atoms with Crippen molar-refractivity contribution in [3.8, 4) is 23.0 Å². The number of ether oxygens (including phenoxy) is 1. The summed E-state index contributed by atoms with van der Waals surface area (Å²) in [5.41, 5.74) is 9.86. The van der Waals surface area contributed by atoms with Crippen LogP contribution in [0.3, 0.4) is 0 Å². The summed E-state index contributed by atoms with van der Waals surface area (Å²) in [7, 11) is 0. The van der Waals surface area contributed by atoms with Crippen LogP contribution in [0.25, 0.3) is 32.4 Å². The van der Waals surface area contributed by atoms with Crippen LogP contribution in [0.2, 0.25) is 0 Å². The number of nitrogens with one attached hydrogen (secondary N) is 1. The van der Waals surface area contributed by atoms with E-state index in [0.29, 0.717) is 11.6 Å². The maximum atomic E-state index is 6.08. The number of fused-ring (bicyclic) bond motifs is 2. The zero-order valence-electron chi connectivity index (χ0n) is 17.6. The molecule has 0 aliphatic carbocycles. The van der Waals surface area contributed by atoms with Crippen LogP contribution in [0, 0.1) is 6.92 Å². The SMILES string of the molecule is Cc1cccc(-c2cc(Nn3ncc4ccccc43)nc(Oc3ccc4ncsc4c3)n2)c1. The Morgan fingerprint density at radius 1 is 0.939 bits per heavy atom. The third-order valence-corrected chi connectivity index (χ3v) is 6.02. The van der Waals surface area contributed by atoms with Crippen molar-refractivity contribution in [2.45, 2.75) is 6.92 Å². The molecular weight excluding hydrogens is 432 g/mol. The van der Waals surface area contributed by atoms with Crippen molar-refractivity contribution in [3.05, 3.63) is 90.1 Å². The molecule has 6 aromatic rings. The van der Waals surface area contributed by atoms with Gasteiger partial charge in [0.05, 0.1) is 33.1 Å². The van der Waals surface area contributed by atoms with Crippen LogP contribution in [0.1, 0.15) is 5.56 Å². The standard InChI is InChI=1S/C25H18N6OS/c1-16-5-4-7-17(11-16)21-13-24(30-31-22-8-3-2-6-18(22)14-27-31)29-25(28-21)32-19-9-10-20-23(12-19)33-15-26-20/h2-15H,1H3,(H,28,29,30). The second-order valence-electron chi connectivity index (χ2n) is 7.60. The molecule has 0 unspecified atom stereocenters. The third-order valence-electron chi connectivity index (χ3n) is 5.23. The van der Waals surface area contributed by atoms with Gasteiger partial charge in [0, 0.05) is 23.1 Å². The third kappa shape index (κ3) is 3.88. The first-order valence-corrected chi connectivity index (χ1v) is 11.3. The van der Waals surface area contributed by atoms with Crippen molar-refractivity contribution in [1.29, 1.82) is 0 Å². The van der Waals surface area contributed by atoms with Gasteiger partial charge >= 0.3 is 6.01 Å². The van der Waals surface area contributed by atoms with Crippen LogP contribution in [0.5, 0.6) is 11.8 Å². The Balaban J connectivity index is 1.41. The number of anilines is 1. The molecule has 0 saturated heterocycles. The van der Waals surface area contributed by atoms with Crippen LogP contribution in [-0.2, 0) is 0 Å². The smallest absolute Gasteiger partial charge is 0.324 e. The number of aromatic nitrogens is 5. The van der Waals surface area contributed by atoms with Crippen molar-refractivity contribution >= 4 is 38.3 Å². The van der Waals surface area contributed by atoms with Gasteiger partial charge in [0.1, 0.15) is 5.75 Å². The molecule has 8 heteroatoms. The Morgan fingerprint density at radius 2 is 1.88 bits per heavy atom. The maximum Gasteiger partial charge on any atom is 0.324 e. The van der Waals surface area contributed by atoms with Crippen LogP contribution in [0.15, 0.2) is 84.5 Å². The normalized spacial score (nSPS) is 11.2. The van der Waals surface area contributed by atoms with E-state index in [0.717, 1.165) is 37.9 Å². The summed E-state index contributed by atoms with van der Waals surface area (Å²) in [4.78, 5) is 15.3. The van der Waals surface area contributed by atoms with Crippen molar-refractivity contribution in [3.63, 3.8) is 0 Å². The van der Waals surface area contributed by atoms with Gasteiger partial charge in [-0.1, -0.05) is 42.0 Å². The monoisotopic (exact) mass is 450 g/mol. The molecule has 3 heterocycles. The number of hydrogen-bond donors (Lipinski definition) is 1. The molecule has 0 fully saturated rings. The van der Waals surface area contributed by atoms with E-state index >= 15 is 0 Å². The topological polar surface area (TPSA) is 77.8 Å². The van der Waals surface area contributed by atoms with Gasteiger partial charge in [-0.25, -0.2) is 4.98 Å². The summed E-state index contributed by atoms with van der Waals surface area (Å²) in [6.45, 7) is 2.06. The predicted octanol–water partition coefficient (Wildman–Crippen LogP) is 6.08. The van der Waals surface area contributed by atoms with Gasteiger partial charge in [0.2, 0.25) is 0 Å². The summed E-state index contributed by atoms with van der Waals surface area (Å²) in [6, 6.07) is 24.1. The maximum absolute atomic E-state index is 6.08. The number of hydrogen-bond acceptors (Lipinski definition) is 7. The first-order chi connectivity index (χ1) is 16.2. The van der Waals surface area contributed by atoms with E-state index in [4.69, 9.17) is 4.74 Å². The highest BCUT2D eigenvalue weighted by molar-refractivity contribution is 7.16. The summed E-state index contributed by atoms with van der Waals surface area (Å²) in [5, 5.41) is 5.48. The highest BCUT2D eigenvalue weighted by Gasteiger charge is 2.12. The summed E-state index contributed by atoms with van der Waals surface area (Å²) >= 11 is 1.56. The Morgan fingerprint density at radius 3 is 2.82 bits per heavy atom. The molecule has 0 bridgehead atoms. The van der Waals surface area contributed by atoms with E-state index in [1.165, 1.54) is 0 Å². The summed E-state index contributed by atoms with van der Waals surface area (Å²) < 4.78 is 7.13. The van der Waals surface area contributed by atoms with Crippen LogP contribution in [0.4, 0.5) is 5.82 Å². The fourth-order valence-electron chi connectivity index (χ4n) is 3.65. The van der Waals surface area contributed by atoms with E-state index in [1.54, 1.807) is 16.1 Å². The molecule has 0 aliphatic rings. The van der Waals surface area contributed by atoms with Gasteiger partial charge in [-0.3, -0.25) is 5.43 Å². The Bertz CT molecular complexity index is 1610. The number of aryl methyl sites for hydroxylation is 1. The number of para-hydroxylation sites is 1. The first-order valence-electron chi connectivity index (χ1n) is 10.4. The van der Waals surface area contributed by atoms with Crippen molar-refractivity contribution in [1.82, 2.24) is 24.8 Å². The second kappa shape index (κ2) is 7.99. The van der Waals surface area contributed by atoms with E-state index in [-0.39, 0.29) is 6.01 Å². The van der Waals surface area contributed by atoms with Gasteiger partial charge in [-0.2, -0.15) is 19.9 Å². The Kier molecular flexibility index (Phi) is 4.70. The molecule has 3 aromatic heterocycles. The van der Waals surface area contributed by atoms with E-state index in [1.807, 2.05) is 72.4 Å². The molecule has 0 amide bonds. The average Bonchev–Trinajstić information content (AvgIpc) is 3.46. The molecule has 0 spiro atoms. The lowest BCUT2D eigenvalue weighted by Crippen LogP contribution is -2.12. The quantitative estimate of drug-likeness (QED) is 0.343. The first kappa shape index (κ1) is 19.4. The molecule has 0 saturated carbocycles. The van der Waals surface area contributed by atoms with Gasteiger partial charge in [-0.05, 0) is 31.2 Å². The lowest BCUT2D eigenvalue weighted by Gasteiger charge is -2.12. The van der Waals surface area contributed by atoms with E-state index < -0.39 is 0 Å². The average molecular weight is 451 g/mol. The fraction of sp³-hybridized carbons (Fsp3) is 0.0400. The minimum Gasteiger partial charge on any atom is -0.424 e. The van der Waals surface area contributed by atoms with Gasteiger partial charge in [0.15, 0.2) is 5.82 Å². The molecule has 7 nitrogen and oxygen atoms in total. The number of rotatable bonds is 5. The Hall–Kier alpha value is -4.30. The van der Waals surface area contributed by atoms with Gasteiger partial charge < -0.3 is 4.74 Å². The number of nitrogens with zero attached hydrogens (tertiary/aromatic N) is 5.